The molecule has 0 radical (unpaired) electrons. The standard InChI is InChI=1S/C11H21NO4/c1-8(10(14)15)9(2)12-11(7-13)3-5-16-6-4-11/h8-9,12-13H,3-7H2,1-2H3,(H,14,15). The van der Waals surface area contributed by atoms with E-state index in [9.17, 15) is 9.90 Å². The minimum atomic E-state index is -0.819. The maximum Gasteiger partial charge on any atom is 0.307 e. The van der Waals surface area contributed by atoms with Crippen molar-refractivity contribution in [3.8, 4) is 0 Å². The molecule has 5 nitrogen and oxygen atoms in total. The number of carboxylic acids is 1. The van der Waals surface area contributed by atoms with Gasteiger partial charge in [-0.15, -0.1) is 0 Å². The molecular weight excluding hydrogens is 210 g/mol. The molecule has 1 saturated heterocycles. The van der Waals surface area contributed by atoms with E-state index < -0.39 is 11.9 Å². The number of hydrogen-bond acceptors (Lipinski definition) is 4. The van der Waals surface area contributed by atoms with Crippen LogP contribution >= 0.6 is 0 Å². The molecule has 0 aromatic heterocycles. The van der Waals surface area contributed by atoms with Crippen LogP contribution in [0.4, 0.5) is 0 Å². The van der Waals surface area contributed by atoms with Crippen molar-refractivity contribution in [2.75, 3.05) is 19.8 Å². The van der Waals surface area contributed by atoms with Gasteiger partial charge in [-0.05, 0) is 19.8 Å². The number of carbonyl (C=O) groups is 1. The van der Waals surface area contributed by atoms with E-state index >= 15 is 0 Å². The lowest BCUT2D eigenvalue weighted by Gasteiger charge is -2.39. The molecule has 3 N–H and O–H groups in total. The molecule has 1 rings (SSSR count). The summed E-state index contributed by atoms with van der Waals surface area (Å²) in [6.07, 6.45) is 1.44. The highest BCUT2D eigenvalue weighted by molar-refractivity contribution is 5.70. The lowest BCUT2D eigenvalue weighted by Crippen LogP contribution is -2.57. The first-order valence-electron chi connectivity index (χ1n) is 5.70. The number of aliphatic hydroxyl groups excluding tert-OH is 1. The van der Waals surface area contributed by atoms with Gasteiger partial charge in [0.25, 0.3) is 0 Å². The van der Waals surface area contributed by atoms with Crippen LogP contribution in [-0.2, 0) is 9.53 Å². The Labute approximate surface area is 95.8 Å². The number of aliphatic carboxylic acids is 1. The van der Waals surface area contributed by atoms with Crippen molar-refractivity contribution in [1.29, 1.82) is 0 Å². The molecule has 0 saturated carbocycles. The lowest BCUT2D eigenvalue weighted by molar-refractivity contribution is -0.142. The number of ether oxygens (including phenoxy) is 1. The summed E-state index contributed by atoms with van der Waals surface area (Å²) in [5, 5.41) is 21.6. The second-order valence-electron chi connectivity index (χ2n) is 4.61. The van der Waals surface area contributed by atoms with E-state index in [0.29, 0.717) is 13.2 Å². The van der Waals surface area contributed by atoms with Gasteiger partial charge in [0.15, 0.2) is 0 Å². The fraction of sp³-hybridized carbons (Fsp3) is 0.909. The predicted molar refractivity (Wildman–Crippen MR) is 59.3 cm³/mol. The third-order valence-electron chi connectivity index (χ3n) is 3.43. The molecule has 5 heteroatoms. The number of rotatable bonds is 5. The summed E-state index contributed by atoms with van der Waals surface area (Å²) >= 11 is 0. The highest BCUT2D eigenvalue weighted by atomic mass is 16.5. The zero-order valence-corrected chi connectivity index (χ0v) is 9.90. The topological polar surface area (TPSA) is 78.8 Å². The fourth-order valence-electron chi connectivity index (χ4n) is 1.93. The molecule has 2 atom stereocenters. The molecule has 2 unspecified atom stereocenters. The average Bonchev–Trinajstić information content (AvgIpc) is 2.29. The first kappa shape index (κ1) is 13.4. The Bertz CT molecular complexity index is 238. The third-order valence-corrected chi connectivity index (χ3v) is 3.43. The van der Waals surface area contributed by atoms with E-state index in [4.69, 9.17) is 9.84 Å². The lowest BCUT2D eigenvalue weighted by atomic mass is 9.88. The van der Waals surface area contributed by atoms with E-state index in [0.717, 1.165) is 12.8 Å². The van der Waals surface area contributed by atoms with Crippen molar-refractivity contribution < 1.29 is 19.7 Å². The van der Waals surface area contributed by atoms with E-state index in [2.05, 4.69) is 5.32 Å². The Hall–Kier alpha value is -0.650. The highest BCUT2D eigenvalue weighted by Crippen LogP contribution is 2.22. The van der Waals surface area contributed by atoms with Gasteiger partial charge in [0.05, 0.1) is 12.5 Å². The monoisotopic (exact) mass is 231 g/mol. The largest absolute Gasteiger partial charge is 0.481 e. The van der Waals surface area contributed by atoms with Crippen molar-refractivity contribution in [3.63, 3.8) is 0 Å². The Balaban J connectivity index is 2.58. The zero-order valence-electron chi connectivity index (χ0n) is 9.90. The van der Waals surface area contributed by atoms with E-state index in [1.54, 1.807) is 6.92 Å². The second kappa shape index (κ2) is 5.61. The number of hydrogen-bond donors (Lipinski definition) is 3. The molecule has 1 aliphatic rings. The van der Waals surface area contributed by atoms with Crippen LogP contribution in [0.1, 0.15) is 26.7 Å². The maximum absolute atomic E-state index is 10.8. The molecule has 0 aliphatic carbocycles. The van der Waals surface area contributed by atoms with Gasteiger partial charge < -0.3 is 20.3 Å². The van der Waals surface area contributed by atoms with Crippen LogP contribution < -0.4 is 5.32 Å². The number of carboxylic acid groups (broad SMARTS) is 1. The Kier molecular flexibility index (Phi) is 4.70. The molecule has 0 bridgehead atoms. The zero-order chi connectivity index (χ0) is 12.2. The van der Waals surface area contributed by atoms with E-state index in [-0.39, 0.29) is 18.2 Å². The molecule has 0 aromatic rings. The summed E-state index contributed by atoms with van der Waals surface area (Å²) < 4.78 is 5.25. The van der Waals surface area contributed by atoms with Crippen molar-refractivity contribution in [2.45, 2.75) is 38.3 Å². The van der Waals surface area contributed by atoms with Crippen LogP contribution in [0.15, 0.2) is 0 Å². The van der Waals surface area contributed by atoms with E-state index in [1.165, 1.54) is 0 Å². The molecule has 1 heterocycles. The first-order chi connectivity index (χ1) is 7.51. The summed E-state index contributed by atoms with van der Waals surface area (Å²) in [4.78, 5) is 10.8. The molecule has 0 spiro atoms. The van der Waals surface area contributed by atoms with Gasteiger partial charge in [-0.3, -0.25) is 4.79 Å². The molecular formula is C11H21NO4. The normalized spacial score (nSPS) is 23.7. The SMILES string of the molecule is CC(NC1(CO)CCOCC1)C(C)C(=O)O. The molecule has 94 valence electrons. The number of nitrogens with one attached hydrogen (secondary N) is 1. The second-order valence-corrected chi connectivity index (χ2v) is 4.61. The Morgan fingerprint density at radius 2 is 2.00 bits per heavy atom. The molecule has 16 heavy (non-hydrogen) atoms. The van der Waals surface area contributed by atoms with Crippen molar-refractivity contribution >= 4 is 5.97 Å². The van der Waals surface area contributed by atoms with Gasteiger partial charge in [0.2, 0.25) is 0 Å². The Morgan fingerprint density at radius 3 is 2.44 bits per heavy atom. The van der Waals surface area contributed by atoms with Crippen LogP contribution in [0.5, 0.6) is 0 Å². The van der Waals surface area contributed by atoms with Crippen LogP contribution in [0.2, 0.25) is 0 Å². The summed E-state index contributed by atoms with van der Waals surface area (Å²) in [6, 6.07) is -0.164. The first-order valence-corrected chi connectivity index (χ1v) is 5.70. The predicted octanol–water partition coefficient (Wildman–Crippen LogP) is 0.227. The summed E-state index contributed by atoms with van der Waals surface area (Å²) in [7, 11) is 0. The van der Waals surface area contributed by atoms with Gasteiger partial charge in [-0.25, -0.2) is 0 Å². The molecule has 0 amide bonds. The molecule has 1 fully saturated rings. The van der Waals surface area contributed by atoms with Crippen molar-refractivity contribution in [1.82, 2.24) is 5.32 Å². The van der Waals surface area contributed by atoms with Gasteiger partial charge in [0.1, 0.15) is 0 Å². The van der Waals surface area contributed by atoms with Crippen molar-refractivity contribution in [2.24, 2.45) is 5.92 Å². The average molecular weight is 231 g/mol. The smallest absolute Gasteiger partial charge is 0.307 e. The van der Waals surface area contributed by atoms with Gasteiger partial charge in [0, 0.05) is 24.8 Å². The molecule has 1 aliphatic heterocycles. The third kappa shape index (κ3) is 3.17. The van der Waals surface area contributed by atoms with E-state index in [1.807, 2.05) is 6.92 Å². The minimum Gasteiger partial charge on any atom is -0.481 e. The van der Waals surface area contributed by atoms with Crippen LogP contribution in [-0.4, -0.2) is 47.6 Å². The summed E-state index contributed by atoms with van der Waals surface area (Å²) in [6.45, 7) is 4.76. The maximum atomic E-state index is 10.8. The van der Waals surface area contributed by atoms with Crippen LogP contribution in [0.3, 0.4) is 0 Å². The van der Waals surface area contributed by atoms with Gasteiger partial charge >= 0.3 is 5.97 Å². The highest BCUT2D eigenvalue weighted by Gasteiger charge is 2.35. The summed E-state index contributed by atoms with van der Waals surface area (Å²) in [5.74, 6) is -1.29. The Morgan fingerprint density at radius 1 is 1.44 bits per heavy atom. The van der Waals surface area contributed by atoms with Crippen LogP contribution in [0.25, 0.3) is 0 Å². The minimum absolute atomic E-state index is 0.0209. The quantitative estimate of drug-likeness (QED) is 0.631. The summed E-state index contributed by atoms with van der Waals surface area (Å²) in [5.41, 5.74) is -0.374. The fourth-order valence-corrected chi connectivity index (χ4v) is 1.93. The van der Waals surface area contributed by atoms with Crippen LogP contribution in [0, 0.1) is 5.92 Å². The van der Waals surface area contributed by atoms with Gasteiger partial charge in [-0.2, -0.15) is 0 Å². The van der Waals surface area contributed by atoms with Gasteiger partial charge in [-0.1, -0.05) is 6.92 Å². The van der Waals surface area contributed by atoms with Crippen molar-refractivity contribution in [3.05, 3.63) is 0 Å². The number of aliphatic hydroxyl groups is 1. The molecule has 0 aromatic carbocycles.